The molecular weight excluding hydrogens is 372 g/mol. The first-order valence-corrected chi connectivity index (χ1v) is 10.5. The maximum atomic E-state index is 12.1. The molecule has 0 unspecified atom stereocenters. The highest BCUT2D eigenvalue weighted by atomic mass is 16.2. The molecule has 0 aliphatic heterocycles. The Morgan fingerprint density at radius 2 is 1.53 bits per heavy atom. The van der Waals surface area contributed by atoms with Gasteiger partial charge in [-0.05, 0) is 47.1 Å². The highest BCUT2D eigenvalue weighted by Crippen LogP contribution is 2.22. The van der Waals surface area contributed by atoms with Crippen LogP contribution in [0.3, 0.4) is 0 Å². The Morgan fingerprint density at radius 1 is 0.933 bits per heavy atom. The topological polar surface area (TPSA) is 56.7 Å². The number of rotatable bonds is 7. The van der Waals surface area contributed by atoms with E-state index >= 15 is 0 Å². The monoisotopic (exact) mass is 408 g/mol. The highest BCUT2D eigenvalue weighted by Gasteiger charge is 2.12. The minimum atomic E-state index is 0.0258. The third-order valence-electron chi connectivity index (χ3n) is 5.04. The molecule has 0 aliphatic rings. The predicted octanol–water partition coefficient (Wildman–Crippen LogP) is 3.64. The average Bonchev–Trinajstić information content (AvgIpc) is 2.72. The molecular formula is C25H36N4O. The molecule has 2 rings (SSSR count). The molecule has 0 bridgehead atoms. The van der Waals surface area contributed by atoms with E-state index in [0.717, 1.165) is 43.0 Å². The Bertz CT molecular complexity index is 848. The van der Waals surface area contributed by atoms with E-state index in [1.807, 2.05) is 24.3 Å². The molecule has 0 radical (unpaired) electrons. The van der Waals surface area contributed by atoms with Gasteiger partial charge in [0.1, 0.15) is 0 Å². The van der Waals surface area contributed by atoms with Gasteiger partial charge in [-0.3, -0.25) is 9.79 Å². The Morgan fingerprint density at radius 3 is 2.07 bits per heavy atom. The zero-order chi connectivity index (χ0) is 22.1. The third kappa shape index (κ3) is 7.21. The van der Waals surface area contributed by atoms with Crippen molar-refractivity contribution in [2.24, 2.45) is 4.99 Å². The molecule has 2 aromatic rings. The highest BCUT2D eigenvalue weighted by molar-refractivity contribution is 5.94. The lowest BCUT2D eigenvalue weighted by atomic mass is 9.86. The summed E-state index contributed by atoms with van der Waals surface area (Å²) < 4.78 is 0. The van der Waals surface area contributed by atoms with Crippen LogP contribution >= 0.6 is 0 Å². The predicted molar refractivity (Wildman–Crippen MR) is 126 cm³/mol. The van der Waals surface area contributed by atoms with Crippen molar-refractivity contribution in [1.82, 2.24) is 15.5 Å². The van der Waals surface area contributed by atoms with Crippen LogP contribution in [0, 0.1) is 0 Å². The summed E-state index contributed by atoms with van der Waals surface area (Å²) in [4.78, 5) is 18.0. The SMILES string of the molecule is CN=C(NCCc1ccc(C(C)(C)C)cc1)NCCc1cccc(C(=O)N(C)C)c1. The van der Waals surface area contributed by atoms with Crippen molar-refractivity contribution < 1.29 is 4.79 Å². The van der Waals surface area contributed by atoms with Gasteiger partial charge in [0.15, 0.2) is 5.96 Å². The van der Waals surface area contributed by atoms with Crippen LogP contribution in [0.1, 0.15) is 47.8 Å². The molecule has 2 aromatic carbocycles. The van der Waals surface area contributed by atoms with Gasteiger partial charge in [-0.1, -0.05) is 57.2 Å². The van der Waals surface area contributed by atoms with Crippen molar-refractivity contribution in [3.8, 4) is 0 Å². The van der Waals surface area contributed by atoms with Gasteiger partial charge in [-0.15, -0.1) is 0 Å². The normalized spacial score (nSPS) is 11.9. The number of carbonyl (C=O) groups is 1. The zero-order valence-corrected chi connectivity index (χ0v) is 19.2. The van der Waals surface area contributed by atoms with Gasteiger partial charge in [-0.25, -0.2) is 0 Å². The summed E-state index contributed by atoms with van der Waals surface area (Å²) in [6, 6.07) is 16.7. The van der Waals surface area contributed by atoms with Crippen molar-refractivity contribution >= 4 is 11.9 Å². The number of aliphatic imine (C=N–C) groups is 1. The van der Waals surface area contributed by atoms with Gasteiger partial charge >= 0.3 is 0 Å². The van der Waals surface area contributed by atoms with Crippen LogP contribution < -0.4 is 10.6 Å². The third-order valence-corrected chi connectivity index (χ3v) is 5.04. The number of guanidine groups is 1. The fourth-order valence-electron chi connectivity index (χ4n) is 3.16. The molecule has 0 saturated carbocycles. The lowest BCUT2D eigenvalue weighted by Crippen LogP contribution is -2.39. The summed E-state index contributed by atoms with van der Waals surface area (Å²) in [6.07, 6.45) is 1.77. The van der Waals surface area contributed by atoms with Crippen LogP contribution in [0.25, 0.3) is 0 Å². The first-order valence-electron chi connectivity index (χ1n) is 10.5. The number of amides is 1. The van der Waals surface area contributed by atoms with Gasteiger partial charge in [0.25, 0.3) is 5.91 Å². The second-order valence-electron chi connectivity index (χ2n) is 8.77. The van der Waals surface area contributed by atoms with Crippen LogP contribution in [-0.2, 0) is 18.3 Å². The first-order chi connectivity index (χ1) is 14.2. The molecule has 5 nitrogen and oxygen atoms in total. The quantitative estimate of drug-likeness (QED) is 0.543. The summed E-state index contributed by atoms with van der Waals surface area (Å²) in [7, 11) is 5.32. The van der Waals surface area contributed by atoms with Gasteiger partial charge in [0, 0.05) is 39.8 Å². The summed E-state index contributed by atoms with van der Waals surface area (Å²) in [5.41, 5.74) is 4.70. The molecule has 2 N–H and O–H groups in total. The molecule has 0 saturated heterocycles. The Balaban J connectivity index is 1.78. The van der Waals surface area contributed by atoms with Crippen molar-refractivity contribution in [3.05, 3.63) is 70.8 Å². The van der Waals surface area contributed by atoms with Crippen LogP contribution in [0.5, 0.6) is 0 Å². The molecule has 30 heavy (non-hydrogen) atoms. The van der Waals surface area contributed by atoms with Crippen LogP contribution in [0.15, 0.2) is 53.5 Å². The van der Waals surface area contributed by atoms with Crippen LogP contribution in [-0.4, -0.2) is 51.0 Å². The number of nitrogens with one attached hydrogen (secondary N) is 2. The van der Waals surface area contributed by atoms with Crippen molar-refractivity contribution in [2.75, 3.05) is 34.2 Å². The molecule has 5 heteroatoms. The van der Waals surface area contributed by atoms with Gasteiger partial charge in [0.05, 0.1) is 0 Å². The van der Waals surface area contributed by atoms with Crippen molar-refractivity contribution in [1.29, 1.82) is 0 Å². The second-order valence-corrected chi connectivity index (χ2v) is 8.77. The number of benzene rings is 2. The summed E-state index contributed by atoms with van der Waals surface area (Å²) >= 11 is 0. The fourth-order valence-corrected chi connectivity index (χ4v) is 3.16. The lowest BCUT2D eigenvalue weighted by Gasteiger charge is -2.19. The largest absolute Gasteiger partial charge is 0.356 e. The standard InChI is InChI=1S/C25H36N4O/c1-25(2,3)22-12-10-19(11-13-22)14-16-27-24(26-4)28-17-15-20-8-7-9-21(18-20)23(30)29(5)6/h7-13,18H,14-17H2,1-6H3,(H2,26,27,28). The molecule has 0 aromatic heterocycles. The minimum Gasteiger partial charge on any atom is -0.356 e. The molecule has 0 aliphatic carbocycles. The van der Waals surface area contributed by atoms with Gasteiger partial charge in [0.2, 0.25) is 0 Å². The maximum absolute atomic E-state index is 12.1. The Kier molecular flexibility index (Phi) is 8.46. The molecule has 0 atom stereocenters. The minimum absolute atomic E-state index is 0.0258. The first kappa shape index (κ1) is 23.5. The van der Waals surface area contributed by atoms with E-state index in [4.69, 9.17) is 0 Å². The van der Waals surface area contributed by atoms with E-state index in [0.29, 0.717) is 0 Å². The van der Waals surface area contributed by atoms with E-state index in [9.17, 15) is 4.79 Å². The Labute approximate surface area is 181 Å². The summed E-state index contributed by atoms with van der Waals surface area (Å²) in [5.74, 6) is 0.819. The van der Waals surface area contributed by atoms with Gasteiger partial charge < -0.3 is 15.5 Å². The van der Waals surface area contributed by atoms with Crippen LogP contribution in [0.2, 0.25) is 0 Å². The summed E-state index contributed by atoms with van der Waals surface area (Å²) in [5, 5.41) is 6.72. The molecule has 0 heterocycles. The lowest BCUT2D eigenvalue weighted by molar-refractivity contribution is 0.0827. The number of hydrogen-bond donors (Lipinski definition) is 2. The fraction of sp³-hybridized carbons (Fsp3) is 0.440. The molecule has 162 valence electrons. The van der Waals surface area contributed by atoms with E-state index in [-0.39, 0.29) is 11.3 Å². The number of nitrogens with zero attached hydrogens (tertiary/aromatic N) is 2. The van der Waals surface area contributed by atoms with Crippen molar-refractivity contribution in [2.45, 2.75) is 39.0 Å². The van der Waals surface area contributed by atoms with Crippen LogP contribution in [0.4, 0.5) is 0 Å². The Hall–Kier alpha value is -2.82. The van der Waals surface area contributed by atoms with E-state index in [1.165, 1.54) is 11.1 Å². The maximum Gasteiger partial charge on any atom is 0.253 e. The van der Waals surface area contributed by atoms with Crippen molar-refractivity contribution in [3.63, 3.8) is 0 Å². The average molecular weight is 409 g/mol. The van der Waals surface area contributed by atoms with E-state index < -0.39 is 0 Å². The zero-order valence-electron chi connectivity index (χ0n) is 19.2. The second kappa shape index (κ2) is 10.8. The smallest absolute Gasteiger partial charge is 0.253 e. The molecule has 1 amide bonds. The molecule has 0 fully saturated rings. The molecule has 0 spiro atoms. The number of carbonyl (C=O) groups excluding carboxylic acids is 1. The van der Waals surface area contributed by atoms with Gasteiger partial charge in [-0.2, -0.15) is 0 Å². The van der Waals surface area contributed by atoms with E-state index in [1.54, 1.807) is 26.0 Å². The van der Waals surface area contributed by atoms with E-state index in [2.05, 4.69) is 60.7 Å². The summed E-state index contributed by atoms with van der Waals surface area (Å²) in [6.45, 7) is 8.27. The number of hydrogen-bond acceptors (Lipinski definition) is 2.